The van der Waals surface area contributed by atoms with Gasteiger partial charge in [0.05, 0.1) is 12.7 Å². The normalized spacial score (nSPS) is 10.8. The van der Waals surface area contributed by atoms with E-state index in [1.165, 1.54) is 0 Å². The van der Waals surface area contributed by atoms with Crippen LogP contribution in [0.1, 0.15) is 36.2 Å². The molecule has 2 rings (SSSR count). The highest BCUT2D eigenvalue weighted by atomic mass is 16.5. The molecule has 0 amide bonds. The maximum absolute atomic E-state index is 12.8. The van der Waals surface area contributed by atoms with Crippen LogP contribution < -0.4 is 9.47 Å². The van der Waals surface area contributed by atoms with E-state index in [0.29, 0.717) is 30.1 Å². The summed E-state index contributed by atoms with van der Waals surface area (Å²) in [5.41, 5.74) is 1.76. The lowest BCUT2D eigenvalue weighted by Crippen LogP contribution is -2.28. The van der Waals surface area contributed by atoms with Crippen molar-refractivity contribution in [3.05, 3.63) is 59.7 Å². The summed E-state index contributed by atoms with van der Waals surface area (Å²) in [5.74, 6) is 1.38. The molecular formula is C22H29NO3. The summed E-state index contributed by atoms with van der Waals surface area (Å²) < 4.78 is 11.2. The zero-order chi connectivity index (χ0) is 18.8. The van der Waals surface area contributed by atoms with Gasteiger partial charge in [0.1, 0.15) is 18.1 Å². The van der Waals surface area contributed by atoms with Crippen molar-refractivity contribution in [1.29, 1.82) is 0 Å². The van der Waals surface area contributed by atoms with Gasteiger partial charge in [0.25, 0.3) is 0 Å². The third-order valence-corrected chi connectivity index (χ3v) is 4.53. The van der Waals surface area contributed by atoms with Crippen LogP contribution in [0.3, 0.4) is 0 Å². The molecule has 0 atom stereocenters. The highest BCUT2D eigenvalue weighted by Gasteiger charge is 2.14. The minimum absolute atomic E-state index is 0.0746. The van der Waals surface area contributed by atoms with Crippen molar-refractivity contribution in [1.82, 2.24) is 4.90 Å². The number of methoxy groups -OCH3 is 1. The zero-order valence-corrected chi connectivity index (χ0v) is 16.0. The van der Waals surface area contributed by atoms with Crippen molar-refractivity contribution < 1.29 is 14.3 Å². The van der Waals surface area contributed by atoms with Crippen molar-refractivity contribution >= 4 is 5.78 Å². The van der Waals surface area contributed by atoms with Crippen LogP contribution in [0.2, 0.25) is 0 Å². The fraction of sp³-hybridized carbons (Fsp3) is 0.409. The number of ketones is 1. The number of Topliss-reactive ketones (excluding diaryl/α,β-unsaturated/α-hetero) is 1. The summed E-state index contributed by atoms with van der Waals surface area (Å²) in [6.07, 6.45) is 1.17. The van der Waals surface area contributed by atoms with Crippen LogP contribution in [0.15, 0.2) is 48.5 Å². The average Bonchev–Trinajstić information content (AvgIpc) is 2.70. The van der Waals surface area contributed by atoms with Gasteiger partial charge in [-0.25, -0.2) is 0 Å². The molecule has 0 aliphatic carbocycles. The van der Waals surface area contributed by atoms with E-state index < -0.39 is 0 Å². The Hall–Kier alpha value is -2.33. The molecule has 4 nitrogen and oxygen atoms in total. The number of carbonyl (C=O) groups excluding carboxylic acids is 1. The van der Waals surface area contributed by atoms with E-state index in [2.05, 4.69) is 18.7 Å². The van der Waals surface area contributed by atoms with Gasteiger partial charge in [0.2, 0.25) is 0 Å². The topological polar surface area (TPSA) is 38.8 Å². The molecule has 140 valence electrons. The summed E-state index contributed by atoms with van der Waals surface area (Å²) in [6.45, 7) is 7.66. The number of nitrogens with zero attached hydrogens (tertiary/aromatic N) is 1. The van der Waals surface area contributed by atoms with Crippen LogP contribution in [0.25, 0.3) is 0 Å². The number of carbonyl (C=O) groups is 1. The van der Waals surface area contributed by atoms with Crippen LogP contribution >= 0.6 is 0 Å². The fourth-order valence-corrected chi connectivity index (χ4v) is 2.84. The molecule has 0 bridgehead atoms. The Bertz CT molecular complexity index is 681. The number of aryl methyl sites for hydroxylation is 1. The minimum atomic E-state index is 0.0746. The lowest BCUT2D eigenvalue weighted by molar-refractivity contribution is 0.0977. The number of benzene rings is 2. The van der Waals surface area contributed by atoms with Crippen molar-refractivity contribution in [3.63, 3.8) is 0 Å². The lowest BCUT2D eigenvalue weighted by atomic mass is 10.0. The Morgan fingerprint density at radius 1 is 1.04 bits per heavy atom. The molecule has 2 aromatic carbocycles. The predicted octanol–water partition coefficient (Wildman–Crippen LogP) is 4.23. The van der Waals surface area contributed by atoms with Crippen LogP contribution in [-0.2, 0) is 6.42 Å². The Morgan fingerprint density at radius 3 is 2.42 bits per heavy atom. The molecule has 0 saturated heterocycles. The van der Waals surface area contributed by atoms with Gasteiger partial charge in [-0.2, -0.15) is 0 Å². The van der Waals surface area contributed by atoms with Crippen molar-refractivity contribution in [2.75, 3.05) is 33.4 Å². The van der Waals surface area contributed by atoms with E-state index in [0.717, 1.165) is 31.6 Å². The third kappa shape index (κ3) is 5.88. The standard InChI is InChI=1S/C22H29NO3/c1-4-23(5-2)15-16-26-22-14-12-19(25-3)17-20(22)21(24)13-11-18-9-7-6-8-10-18/h6-10,12,14,17H,4-5,11,13,15-16H2,1-3H3. The van der Waals surface area contributed by atoms with Crippen molar-refractivity contribution in [2.24, 2.45) is 0 Å². The average molecular weight is 355 g/mol. The molecule has 0 saturated carbocycles. The molecule has 0 N–H and O–H groups in total. The van der Waals surface area contributed by atoms with Gasteiger partial charge in [-0.1, -0.05) is 44.2 Å². The molecule has 0 aliphatic heterocycles. The van der Waals surface area contributed by atoms with E-state index in [4.69, 9.17) is 9.47 Å². The van der Waals surface area contributed by atoms with E-state index in [-0.39, 0.29) is 5.78 Å². The Balaban J connectivity index is 2.05. The molecule has 0 radical (unpaired) electrons. The van der Waals surface area contributed by atoms with Gasteiger partial charge in [-0.05, 0) is 43.3 Å². The molecule has 2 aromatic rings. The molecule has 0 aromatic heterocycles. The highest BCUT2D eigenvalue weighted by molar-refractivity contribution is 5.99. The van der Waals surface area contributed by atoms with E-state index in [1.54, 1.807) is 13.2 Å². The van der Waals surface area contributed by atoms with Crippen LogP contribution in [0.4, 0.5) is 0 Å². The zero-order valence-electron chi connectivity index (χ0n) is 16.0. The number of hydrogen-bond donors (Lipinski definition) is 0. The Kier molecular flexibility index (Phi) is 8.16. The van der Waals surface area contributed by atoms with Crippen molar-refractivity contribution in [3.8, 4) is 11.5 Å². The molecule has 0 fully saturated rings. The second kappa shape index (κ2) is 10.6. The van der Waals surface area contributed by atoms with Gasteiger partial charge in [-0.3, -0.25) is 4.79 Å². The first-order valence-electron chi connectivity index (χ1n) is 9.28. The number of hydrogen-bond acceptors (Lipinski definition) is 4. The summed E-state index contributed by atoms with van der Waals surface area (Å²) in [7, 11) is 1.61. The van der Waals surface area contributed by atoms with Crippen LogP contribution in [0.5, 0.6) is 11.5 Å². The number of likely N-dealkylation sites (N-methyl/N-ethyl adjacent to an activating group) is 1. The molecule has 0 unspecified atom stereocenters. The smallest absolute Gasteiger partial charge is 0.167 e. The quantitative estimate of drug-likeness (QED) is 0.566. The van der Waals surface area contributed by atoms with Gasteiger partial charge in [0.15, 0.2) is 5.78 Å². The first kappa shape index (κ1) is 20.0. The molecule has 0 aliphatic rings. The van der Waals surface area contributed by atoms with E-state index in [1.807, 2.05) is 42.5 Å². The first-order valence-corrected chi connectivity index (χ1v) is 9.28. The second-order valence-electron chi connectivity index (χ2n) is 6.15. The molecule has 4 heteroatoms. The summed E-state index contributed by atoms with van der Waals surface area (Å²) in [5, 5.41) is 0. The SMILES string of the molecule is CCN(CC)CCOc1ccc(OC)cc1C(=O)CCc1ccccc1. The second-order valence-corrected chi connectivity index (χ2v) is 6.15. The fourth-order valence-electron chi connectivity index (χ4n) is 2.84. The highest BCUT2D eigenvalue weighted by Crippen LogP contribution is 2.26. The summed E-state index contributed by atoms with van der Waals surface area (Å²) in [6, 6.07) is 15.5. The largest absolute Gasteiger partial charge is 0.497 e. The maximum atomic E-state index is 12.8. The Morgan fingerprint density at radius 2 is 1.77 bits per heavy atom. The van der Waals surface area contributed by atoms with Crippen LogP contribution in [0, 0.1) is 0 Å². The molecule has 0 heterocycles. The van der Waals surface area contributed by atoms with E-state index >= 15 is 0 Å². The lowest BCUT2D eigenvalue weighted by Gasteiger charge is -2.19. The monoisotopic (exact) mass is 355 g/mol. The molecule has 26 heavy (non-hydrogen) atoms. The van der Waals surface area contributed by atoms with E-state index in [9.17, 15) is 4.79 Å². The van der Waals surface area contributed by atoms with Crippen molar-refractivity contribution in [2.45, 2.75) is 26.7 Å². The summed E-state index contributed by atoms with van der Waals surface area (Å²) in [4.78, 5) is 15.1. The Labute approximate surface area is 156 Å². The first-order chi connectivity index (χ1) is 12.7. The number of ether oxygens (including phenoxy) is 2. The molecular weight excluding hydrogens is 326 g/mol. The predicted molar refractivity (Wildman–Crippen MR) is 105 cm³/mol. The van der Waals surface area contributed by atoms with Crippen LogP contribution in [-0.4, -0.2) is 44.0 Å². The van der Waals surface area contributed by atoms with Gasteiger partial charge < -0.3 is 14.4 Å². The van der Waals surface area contributed by atoms with Gasteiger partial charge in [0, 0.05) is 13.0 Å². The van der Waals surface area contributed by atoms with Gasteiger partial charge >= 0.3 is 0 Å². The van der Waals surface area contributed by atoms with Gasteiger partial charge in [-0.15, -0.1) is 0 Å². The number of rotatable bonds is 11. The molecule has 0 spiro atoms. The maximum Gasteiger partial charge on any atom is 0.167 e. The summed E-state index contributed by atoms with van der Waals surface area (Å²) >= 11 is 0. The minimum Gasteiger partial charge on any atom is -0.497 e. The third-order valence-electron chi connectivity index (χ3n) is 4.53.